The SMILES string of the molecule is CN(C)Cc1nc(NCc2ccc(C#N)cc2)c2c(-c3ccccc3)csc2n1. The number of nitriles is 1. The van der Waals surface area contributed by atoms with Gasteiger partial charge in [-0.1, -0.05) is 42.5 Å². The normalized spacial score (nSPS) is 11.0. The first-order valence-electron chi connectivity index (χ1n) is 9.35. The summed E-state index contributed by atoms with van der Waals surface area (Å²) < 4.78 is 0. The molecule has 0 unspecified atom stereocenters. The van der Waals surface area contributed by atoms with Crippen LogP contribution >= 0.6 is 11.3 Å². The number of hydrogen-bond acceptors (Lipinski definition) is 6. The Morgan fingerprint density at radius 1 is 1.03 bits per heavy atom. The molecule has 2 aromatic carbocycles. The summed E-state index contributed by atoms with van der Waals surface area (Å²) in [5, 5.41) is 15.7. The highest BCUT2D eigenvalue weighted by molar-refractivity contribution is 7.17. The third kappa shape index (κ3) is 4.27. The third-order valence-corrected chi connectivity index (χ3v) is 5.44. The molecular weight excluding hydrogens is 378 g/mol. The minimum atomic E-state index is 0.628. The van der Waals surface area contributed by atoms with Crippen LogP contribution in [0.3, 0.4) is 0 Å². The van der Waals surface area contributed by atoms with Crippen LogP contribution in [0.2, 0.25) is 0 Å². The molecule has 0 saturated carbocycles. The van der Waals surface area contributed by atoms with Gasteiger partial charge in [0.25, 0.3) is 0 Å². The van der Waals surface area contributed by atoms with Gasteiger partial charge < -0.3 is 10.2 Å². The lowest BCUT2D eigenvalue weighted by atomic mass is 10.1. The number of anilines is 1. The highest BCUT2D eigenvalue weighted by Crippen LogP contribution is 2.37. The summed E-state index contributed by atoms with van der Waals surface area (Å²) in [6.07, 6.45) is 0. The molecule has 0 radical (unpaired) electrons. The minimum absolute atomic E-state index is 0.628. The average molecular weight is 400 g/mol. The summed E-state index contributed by atoms with van der Waals surface area (Å²) >= 11 is 1.65. The van der Waals surface area contributed by atoms with Gasteiger partial charge in [0.15, 0.2) is 0 Å². The quantitative estimate of drug-likeness (QED) is 0.499. The zero-order chi connectivity index (χ0) is 20.2. The van der Waals surface area contributed by atoms with Crippen LogP contribution in [-0.4, -0.2) is 29.0 Å². The van der Waals surface area contributed by atoms with Crippen molar-refractivity contribution >= 4 is 27.4 Å². The Morgan fingerprint density at radius 3 is 2.48 bits per heavy atom. The lowest BCUT2D eigenvalue weighted by Crippen LogP contribution is -2.14. The topological polar surface area (TPSA) is 64.8 Å². The summed E-state index contributed by atoms with van der Waals surface area (Å²) in [6.45, 7) is 1.31. The van der Waals surface area contributed by atoms with Gasteiger partial charge >= 0.3 is 0 Å². The molecule has 0 saturated heterocycles. The van der Waals surface area contributed by atoms with Crippen molar-refractivity contribution in [2.75, 3.05) is 19.4 Å². The van der Waals surface area contributed by atoms with Gasteiger partial charge in [0.05, 0.1) is 23.6 Å². The van der Waals surface area contributed by atoms with E-state index in [4.69, 9.17) is 15.2 Å². The zero-order valence-corrected chi connectivity index (χ0v) is 17.2. The standard InChI is InChI=1S/C23H21N5S/c1-28(2)14-20-26-22(25-13-17-10-8-16(12-24)9-11-17)21-19(15-29-23(21)27-20)18-6-4-3-5-7-18/h3-11,15H,13-14H2,1-2H3,(H,25,26,27). The van der Waals surface area contributed by atoms with Crippen LogP contribution in [-0.2, 0) is 13.1 Å². The molecule has 29 heavy (non-hydrogen) atoms. The summed E-state index contributed by atoms with van der Waals surface area (Å²) in [4.78, 5) is 12.7. The lowest BCUT2D eigenvalue weighted by molar-refractivity contribution is 0.391. The van der Waals surface area contributed by atoms with E-state index in [0.717, 1.165) is 38.5 Å². The number of rotatable bonds is 6. The van der Waals surface area contributed by atoms with Gasteiger partial charge in [-0.2, -0.15) is 5.26 Å². The molecule has 2 heterocycles. The Kier molecular flexibility index (Phi) is 5.52. The van der Waals surface area contributed by atoms with E-state index in [1.165, 1.54) is 0 Å². The lowest BCUT2D eigenvalue weighted by Gasteiger charge is -2.13. The van der Waals surface area contributed by atoms with Crippen molar-refractivity contribution in [2.24, 2.45) is 0 Å². The molecule has 0 bridgehead atoms. The zero-order valence-electron chi connectivity index (χ0n) is 16.4. The van der Waals surface area contributed by atoms with E-state index in [-0.39, 0.29) is 0 Å². The van der Waals surface area contributed by atoms with Gasteiger partial charge in [-0.15, -0.1) is 11.3 Å². The Morgan fingerprint density at radius 2 is 1.79 bits per heavy atom. The van der Waals surface area contributed by atoms with Crippen molar-refractivity contribution in [1.29, 1.82) is 5.26 Å². The maximum atomic E-state index is 8.99. The van der Waals surface area contributed by atoms with Crippen LogP contribution in [0.15, 0.2) is 60.0 Å². The van der Waals surface area contributed by atoms with Gasteiger partial charge in [0, 0.05) is 17.5 Å². The summed E-state index contributed by atoms with van der Waals surface area (Å²) in [5.41, 5.74) is 4.06. The van der Waals surface area contributed by atoms with Crippen LogP contribution in [0.1, 0.15) is 17.0 Å². The van der Waals surface area contributed by atoms with E-state index >= 15 is 0 Å². The van der Waals surface area contributed by atoms with Crippen molar-refractivity contribution in [2.45, 2.75) is 13.1 Å². The molecule has 0 aliphatic heterocycles. The number of hydrogen-bond donors (Lipinski definition) is 1. The molecule has 0 amide bonds. The molecule has 5 nitrogen and oxygen atoms in total. The molecular formula is C23H21N5S. The van der Waals surface area contributed by atoms with Crippen LogP contribution in [0, 0.1) is 11.3 Å². The molecule has 0 aliphatic carbocycles. The van der Waals surface area contributed by atoms with Gasteiger partial charge in [-0.05, 0) is 37.4 Å². The van der Waals surface area contributed by atoms with Gasteiger partial charge in [-0.3, -0.25) is 0 Å². The molecule has 4 aromatic rings. The number of fused-ring (bicyclic) bond motifs is 1. The van der Waals surface area contributed by atoms with Gasteiger partial charge in [0.1, 0.15) is 16.5 Å². The van der Waals surface area contributed by atoms with Gasteiger partial charge in [0.2, 0.25) is 0 Å². The second-order valence-electron chi connectivity index (χ2n) is 7.08. The average Bonchev–Trinajstić information content (AvgIpc) is 3.16. The highest BCUT2D eigenvalue weighted by Gasteiger charge is 2.15. The monoisotopic (exact) mass is 399 g/mol. The second kappa shape index (κ2) is 8.39. The minimum Gasteiger partial charge on any atom is -0.365 e. The van der Waals surface area contributed by atoms with Crippen molar-refractivity contribution < 1.29 is 0 Å². The van der Waals surface area contributed by atoms with Crippen LogP contribution in [0.5, 0.6) is 0 Å². The summed E-state index contributed by atoms with van der Waals surface area (Å²) in [7, 11) is 4.03. The Balaban J connectivity index is 1.74. The number of aromatic nitrogens is 2. The van der Waals surface area contributed by atoms with Crippen molar-refractivity contribution in [3.63, 3.8) is 0 Å². The maximum Gasteiger partial charge on any atom is 0.146 e. The molecule has 6 heteroatoms. The number of nitrogens with zero attached hydrogens (tertiary/aromatic N) is 4. The van der Waals surface area contributed by atoms with Crippen molar-refractivity contribution in [3.05, 3.63) is 76.9 Å². The first-order valence-corrected chi connectivity index (χ1v) is 10.2. The Labute approximate surface area is 174 Å². The van der Waals surface area contributed by atoms with E-state index in [0.29, 0.717) is 18.7 Å². The summed E-state index contributed by atoms with van der Waals surface area (Å²) in [5.74, 6) is 1.64. The largest absolute Gasteiger partial charge is 0.365 e. The molecule has 1 N–H and O–H groups in total. The predicted molar refractivity (Wildman–Crippen MR) is 119 cm³/mol. The van der Waals surface area contributed by atoms with Crippen molar-refractivity contribution in [1.82, 2.24) is 14.9 Å². The number of benzene rings is 2. The maximum absolute atomic E-state index is 8.99. The van der Waals surface area contributed by atoms with E-state index < -0.39 is 0 Å². The first kappa shape index (κ1) is 19.1. The van der Waals surface area contributed by atoms with E-state index in [1.807, 2.05) is 56.6 Å². The third-order valence-electron chi connectivity index (χ3n) is 4.57. The van der Waals surface area contributed by atoms with Crippen molar-refractivity contribution in [3.8, 4) is 17.2 Å². The van der Waals surface area contributed by atoms with Crippen LogP contribution < -0.4 is 5.32 Å². The predicted octanol–water partition coefficient (Wildman–Crippen LogP) is 4.90. The molecule has 0 atom stereocenters. The van der Waals surface area contributed by atoms with E-state index in [2.05, 4.69) is 33.8 Å². The number of thiophene rings is 1. The Hall–Kier alpha value is -3.27. The fourth-order valence-corrected chi connectivity index (χ4v) is 4.15. The second-order valence-corrected chi connectivity index (χ2v) is 7.94. The molecule has 2 aromatic heterocycles. The fourth-order valence-electron chi connectivity index (χ4n) is 3.18. The smallest absolute Gasteiger partial charge is 0.146 e. The number of nitrogens with one attached hydrogen (secondary N) is 1. The van der Waals surface area contributed by atoms with Gasteiger partial charge in [-0.25, -0.2) is 9.97 Å². The molecule has 0 aliphatic rings. The Bertz CT molecular complexity index is 1160. The molecule has 4 rings (SSSR count). The fraction of sp³-hybridized carbons (Fsp3) is 0.174. The van der Waals surface area contributed by atoms with Crippen LogP contribution in [0.4, 0.5) is 5.82 Å². The van der Waals surface area contributed by atoms with E-state index in [1.54, 1.807) is 11.3 Å². The first-order chi connectivity index (χ1) is 14.1. The van der Waals surface area contributed by atoms with Crippen LogP contribution in [0.25, 0.3) is 21.3 Å². The molecule has 0 fully saturated rings. The molecule has 0 spiro atoms. The molecule has 144 valence electrons. The van der Waals surface area contributed by atoms with E-state index in [9.17, 15) is 0 Å². The summed E-state index contributed by atoms with van der Waals surface area (Å²) in [6, 6.07) is 20.1. The highest BCUT2D eigenvalue weighted by atomic mass is 32.1.